The molecule has 0 aromatic rings. The fraction of sp³-hybridized carbons (Fsp3) is 0.481. The van der Waals surface area contributed by atoms with Crippen molar-refractivity contribution in [2.45, 2.75) is 78.1 Å². The Morgan fingerprint density at radius 2 is 1.52 bits per heavy atom. The summed E-state index contributed by atoms with van der Waals surface area (Å²) < 4.78 is 6.13. The fourth-order valence-electron chi connectivity index (χ4n) is 4.68. The van der Waals surface area contributed by atoms with Crippen molar-refractivity contribution in [1.82, 2.24) is 0 Å². The molecule has 2 rings (SSSR count). The van der Waals surface area contributed by atoms with Gasteiger partial charge in [0.05, 0.1) is 11.7 Å². The van der Waals surface area contributed by atoms with Gasteiger partial charge in [-0.3, -0.25) is 9.59 Å². The first-order valence-corrected chi connectivity index (χ1v) is 10.9. The molecule has 2 fully saturated rings. The Bertz CT molecular complexity index is 881. The van der Waals surface area contributed by atoms with Crippen molar-refractivity contribution in [3.05, 3.63) is 71.4 Å². The van der Waals surface area contributed by atoms with Crippen LogP contribution < -0.4 is 0 Å². The fourth-order valence-corrected chi connectivity index (χ4v) is 4.68. The molecular weight excluding hydrogens is 388 g/mol. The summed E-state index contributed by atoms with van der Waals surface area (Å²) in [6.07, 6.45) is 18.6. The molecule has 0 amide bonds. The van der Waals surface area contributed by atoms with Crippen LogP contribution in [0.5, 0.6) is 0 Å². The van der Waals surface area contributed by atoms with E-state index in [1.165, 1.54) is 6.08 Å². The second-order valence-electron chi connectivity index (χ2n) is 9.62. The van der Waals surface area contributed by atoms with E-state index in [1.54, 1.807) is 6.08 Å². The SMILES string of the molecule is CC(C=CC=O)=CC=CC=C(C)C=CC=C(C)C(=O)CC12OC1(C)CC(O)CC2(C)C. The van der Waals surface area contributed by atoms with Crippen molar-refractivity contribution < 1.29 is 19.4 Å². The van der Waals surface area contributed by atoms with Gasteiger partial charge < -0.3 is 9.84 Å². The predicted octanol–water partition coefficient (Wildman–Crippen LogP) is 5.36. The quantitative estimate of drug-likeness (QED) is 0.234. The van der Waals surface area contributed by atoms with Gasteiger partial charge in [0.25, 0.3) is 0 Å². The van der Waals surface area contributed by atoms with E-state index in [1.807, 2.05) is 70.2 Å². The lowest BCUT2D eigenvalue weighted by Gasteiger charge is -2.40. The van der Waals surface area contributed by atoms with Gasteiger partial charge in [-0.15, -0.1) is 0 Å². The first kappa shape index (κ1) is 25.0. The van der Waals surface area contributed by atoms with E-state index in [-0.39, 0.29) is 17.3 Å². The Morgan fingerprint density at radius 1 is 0.935 bits per heavy atom. The number of ether oxygens (including phenoxy) is 1. The number of carbonyl (C=O) groups is 2. The average Bonchev–Trinajstić information content (AvgIpc) is 3.28. The number of Topliss-reactive ketones (excluding diaryl/α,β-unsaturated/α-hetero) is 1. The van der Waals surface area contributed by atoms with Gasteiger partial charge in [-0.1, -0.05) is 73.6 Å². The van der Waals surface area contributed by atoms with Gasteiger partial charge in [0.15, 0.2) is 5.78 Å². The molecule has 168 valence electrons. The number of aliphatic hydroxyl groups excluding tert-OH is 1. The minimum atomic E-state index is -0.484. The van der Waals surface area contributed by atoms with Gasteiger partial charge in [-0.25, -0.2) is 0 Å². The topological polar surface area (TPSA) is 66.9 Å². The van der Waals surface area contributed by atoms with Crippen molar-refractivity contribution in [2.24, 2.45) is 5.41 Å². The van der Waals surface area contributed by atoms with Crippen molar-refractivity contribution >= 4 is 12.1 Å². The van der Waals surface area contributed by atoms with Crippen LogP contribution in [0.25, 0.3) is 0 Å². The molecule has 1 aliphatic carbocycles. The highest BCUT2D eigenvalue weighted by Gasteiger charge is 2.76. The Morgan fingerprint density at radius 3 is 2.06 bits per heavy atom. The summed E-state index contributed by atoms with van der Waals surface area (Å²) >= 11 is 0. The standard InChI is InChI=1S/C27H36O4/c1-20(11-7-8-12-21(2)14-10-16-28)13-9-15-22(3)24(30)19-27-25(4,5)17-23(29)18-26(27,6)31-27/h7-16,23,29H,17-19H2,1-6H3. The maximum absolute atomic E-state index is 12.9. The maximum Gasteiger partial charge on any atom is 0.161 e. The van der Waals surface area contributed by atoms with Crippen LogP contribution in [-0.2, 0) is 14.3 Å². The molecule has 1 N–H and O–H groups in total. The molecule has 0 radical (unpaired) electrons. The molecule has 1 aliphatic heterocycles. The zero-order valence-electron chi connectivity index (χ0n) is 19.6. The van der Waals surface area contributed by atoms with Gasteiger partial charge in [-0.05, 0) is 51.2 Å². The van der Waals surface area contributed by atoms with E-state index in [9.17, 15) is 14.7 Å². The summed E-state index contributed by atoms with van der Waals surface area (Å²) in [6, 6.07) is 0. The summed E-state index contributed by atoms with van der Waals surface area (Å²) in [5, 5.41) is 10.2. The molecule has 2 aliphatic rings. The molecule has 4 nitrogen and oxygen atoms in total. The molecule has 3 atom stereocenters. The Kier molecular flexibility index (Phi) is 7.96. The van der Waals surface area contributed by atoms with E-state index in [0.717, 1.165) is 17.4 Å². The van der Waals surface area contributed by atoms with Crippen LogP contribution in [-0.4, -0.2) is 34.5 Å². The third kappa shape index (κ3) is 5.90. The highest BCUT2D eigenvalue weighted by atomic mass is 16.6. The summed E-state index contributed by atoms with van der Waals surface area (Å²) in [5.74, 6) is 0.0864. The minimum Gasteiger partial charge on any atom is -0.393 e. The van der Waals surface area contributed by atoms with Crippen LogP contribution in [0.3, 0.4) is 0 Å². The molecular formula is C27H36O4. The molecule has 1 heterocycles. The van der Waals surface area contributed by atoms with Crippen molar-refractivity contribution in [1.29, 1.82) is 0 Å². The highest BCUT2D eigenvalue weighted by molar-refractivity contribution is 5.96. The third-order valence-electron chi connectivity index (χ3n) is 6.50. The van der Waals surface area contributed by atoms with E-state index >= 15 is 0 Å². The Hall–Kier alpha value is -2.30. The smallest absolute Gasteiger partial charge is 0.161 e. The second kappa shape index (κ2) is 9.88. The summed E-state index contributed by atoms with van der Waals surface area (Å²) in [6.45, 7) is 11.9. The summed E-state index contributed by atoms with van der Waals surface area (Å²) in [4.78, 5) is 23.2. The van der Waals surface area contributed by atoms with Gasteiger partial charge in [0, 0.05) is 12.8 Å². The highest BCUT2D eigenvalue weighted by Crippen LogP contribution is 2.67. The molecule has 0 aromatic carbocycles. The average molecular weight is 425 g/mol. The molecule has 4 heteroatoms. The first-order valence-electron chi connectivity index (χ1n) is 10.9. The number of aliphatic hydroxyl groups is 1. The van der Waals surface area contributed by atoms with Crippen LogP contribution in [0.2, 0.25) is 0 Å². The van der Waals surface area contributed by atoms with Gasteiger partial charge >= 0.3 is 0 Å². The van der Waals surface area contributed by atoms with E-state index < -0.39 is 11.2 Å². The van der Waals surface area contributed by atoms with E-state index in [2.05, 4.69) is 13.8 Å². The maximum atomic E-state index is 12.9. The largest absolute Gasteiger partial charge is 0.393 e. The molecule has 0 spiro atoms. The number of rotatable bonds is 9. The summed E-state index contributed by atoms with van der Waals surface area (Å²) in [5.41, 5.74) is 1.61. The predicted molar refractivity (Wildman–Crippen MR) is 126 cm³/mol. The summed E-state index contributed by atoms with van der Waals surface area (Å²) in [7, 11) is 0. The number of fused-ring (bicyclic) bond motifs is 1. The van der Waals surface area contributed by atoms with Gasteiger partial charge in [-0.2, -0.15) is 0 Å². The first-order chi connectivity index (χ1) is 14.5. The Balaban J connectivity index is 1.96. The number of allylic oxidation sites excluding steroid dienone is 12. The van der Waals surface area contributed by atoms with E-state index in [0.29, 0.717) is 24.8 Å². The molecule has 3 unspecified atom stereocenters. The van der Waals surface area contributed by atoms with E-state index in [4.69, 9.17) is 4.74 Å². The monoisotopic (exact) mass is 424 g/mol. The van der Waals surface area contributed by atoms with Crippen molar-refractivity contribution in [2.75, 3.05) is 0 Å². The number of hydrogen-bond acceptors (Lipinski definition) is 4. The third-order valence-corrected chi connectivity index (χ3v) is 6.50. The lowest BCUT2D eigenvalue weighted by Crippen LogP contribution is -2.48. The lowest BCUT2D eigenvalue weighted by molar-refractivity contribution is -0.118. The number of hydrogen-bond donors (Lipinski definition) is 1. The second-order valence-corrected chi connectivity index (χ2v) is 9.62. The number of epoxide rings is 1. The van der Waals surface area contributed by atoms with Gasteiger partial charge in [0.2, 0.25) is 0 Å². The zero-order chi connectivity index (χ0) is 23.3. The molecule has 1 saturated carbocycles. The Labute approximate surface area is 186 Å². The van der Waals surface area contributed by atoms with Gasteiger partial charge in [0.1, 0.15) is 11.9 Å². The number of ketones is 1. The van der Waals surface area contributed by atoms with Crippen LogP contribution >= 0.6 is 0 Å². The molecule has 31 heavy (non-hydrogen) atoms. The van der Waals surface area contributed by atoms with Crippen molar-refractivity contribution in [3.63, 3.8) is 0 Å². The van der Waals surface area contributed by atoms with Crippen LogP contribution in [0.1, 0.15) is 60.8 Å². The van der Waals surface area contributed by atoms with Crippen molar-refractivity contribution in [3.8, 4) is 0 Å². The molecule has 0 aromatic heterocycles. The number of carbonyl (C=O) groups excluding carboxylic acids is 2. The minimum absolute atomic E-state index is 0.0864. The lowest BCUT2D eigenvalue weighted by atomic mass is 9.61. The zero-order valence-corrected chi connectivity index (χ0v) is 19.6. The molecule has 1 saturated heterocycles. The molecule has 0 bridgehead atoms. The van der Waals surface area contributed by atoms with Crippen LogP contribution in [0.15, 0.2) is 71.4 Å². The van der Waals surface area contributed by atoms with Crippen LogP contribution in [0.4, 0.5) is 0 Å². The number of aldehydes is 1. The normalized spacial score (nSPS) is 31.5. The van der Waals surface area contributed by atoms with Crippen LogP contribution in [0, 0.1) is 5.41 Å².